The molecule has 0 bridgehead atoms. The Morgan fingerprint density at radius 1 is 1.16 bits per heavy atom. The molecule has 0 unspecified atom stereocenters. The van der Waals surface area contributed by atoms with Gasteiger partial charge in [-0.2, -0.15) is 0 Å². The number of carbonyl (C=O) groups is 1. The van der Waals surface area contributed by atoms with Gasteiger partial charge in [0.15, 0.2) is 5.78 Å². The van der Waals surface area contributed by atoms with Crippen molar-refractivity contribution < 1.29 is 9.90 Å². The van der Waals surface area contributed by atoms with Crippen LogP contribution < -0.4 is 4.90 Å². The first-order valence-corrected chi connectivity index (χ1v) is 6.16. The van der Waals surface area contributed by atoms with Crippen LogP contribution in [0.25, 0.3) is 0 Å². The van der Waals surface area contributed by atoms with Crippen molar-refractivity contribution in [2.24, 2.45) is 0 Å². The van der Waals surface area contributed by atoms with Gasteiger partial charge in [0.05, 0.1) is 6.54 Å². The maximum atomic E-state index is 12.1. The maximum absolute atomic E-state index is 12.1. The number of nitrogens with zero attached hydrogens (tertiary/aromatic N) is 1. The minimum absolute atomic E-state index is 0.0315. The Labute approximate surface area is 113 Å². The summed E-state index contributed by atoms with van der Waals surface area (Å²) in [5.41, 5.74) is 2.80. The van der Waals surface area contributed by atoms with Crippen LogP contribution >= 0.6 is 0 Å². The molecule has 0 fully saturated rings. The predicted octanol–water partition coefficient (Wildman–Crippen LogP) is 3.02. The number of rotatable bonds is 4. The monoisotopic (exact) mass is 255 g/mol. The number of carbonyl (C=O) groups excluding carboxylic acids is 1. The molecule has 2 aromatic carbocycles. The van der Waals surface area contributed by atoms with Crippen LogP contribution in [-0.2, 0) is 0 Å². The van der Waals surface area contributed by atoms with Crippen molar-refractivity contribution in [2.75, 3.05) is 18.5 Å². The van der Waals surface area contributed by atoms with Crippen molar-refractivity contribution >= 4 is 11.5 Å². The van der Waals surface area contributed by atoms with Crippen LogP contribution in [0.5, 0.6) is 5.75 Å². The molecule has 1 N–H and O–H groups in total. The predicted molar refractivity (Wildman–Crippen MR) is 76.9 cm³/mol. The summed E-state index contributed by atoms with van der Waals surface area (Å²) in [5, 5.41) is 9.21. The third-order valence-electron chi connectivity index (χ3n) is 3.01. The number of aryl methyl sites for hydroxylation is 1. The van der Waals surface area contributed by atoms with E-state index in [0.717, 1.165) is 5.69 Å². The van der Waals surface area contributed by atoms with Crippen LogP contribution in [0.3, 0.4) is 0 Å². The zero-order valence-electron chi connectivity index (χ0n) is 11.1. The molecule has 0 aliphatic heterocycles. The molecule has 0 aliphatic carbocycles. The number of Topliss-reactive ketones (excluding diaryl/α,β-unsaturated/α-hetero) is 1. The summed E-state index contributed by atoms with van der Waals surface area (Å²) in [6.45, 7) is 2.34. The van der Waals surface area contributed by atoms with E-state index in [0.29, 0.717) is 12.1 Å². The van der Waals surface area contributed by atoms with Crippen LogP contribution in [0.1, 0.15) is 15.9 Å². The number of benzene rings is 2. The summed E-state index contributed by atoms with van der Waals surface area (Å²) in [5.74, 6) is 0.201. The molecule has 0 aromatic heterocycles. The summed E-state index contributed by atoms with van der Waals surface area (Å²) in [6, 6.07) is 14.4. The SMILES string of the molecule is Cc1cccc(N(C)CC(=O)c2ccc(O)cc2)c1. The van der Waals surface area contributed by atoms with E-state index in [-0.39, 0.29) is 11.5 Å². The Morgan fingerprint density at radius 3 is 2.47 bits per heavy atom. The number of phenols is 1. The Hall–Kier alpha value is -2.29. The van der Waals surface area contributed by atoms with Crippen molar-refractivity contribution in [3.8, 4) is 5.75 Å². The highest BCUT2D eigenvalue weighted by Crippen LogP contribution is 2.16. The van der Waals surface area contributed by atoms with Crippen molar-refractivity contribution in [3.05, 3.63) is 59.7 Å². The van der Waals surface area contributed by atoms with Crippen molar-refractivity contribution in [2.45, 2.75) is 6.92 Å². The van der Waals surface area contributed by atoms with E-state index in [2.05, 4.69) is 0 Å². The molecule has 0 radical (unpaired) electrons. The molecular formula is C16H17NO2. The van der Waals surface area contributed by atoms with E-state index in [4.69, 9.17) is 0 Å². The Kier molecular flexibility index (Phi) is 3.85. The molecule has 3 nitrogen and oxygen atoms in total. The summed E-state index contributed by atoms with van der Waals surface area (Å²) in [4.78, 5) is 14.0. The summed E-state index contributed by atoms with van der Waals surface area (Å²) < 4.78 is 0. The highest BCUT2D eigenvalue weighted by Gasteiger charge is 2.10. The van der Waals surface area contributed by atoms with Crippen molar-refractivity contribution in [3.63, 3.8) is 0 Å². The number of anilines is 1. The molecule has 98 valence electrons. The minimum Gasteiger partial charge on any atom is -0.508 e. The molecule has 3 heteroatoms. The van der Waals surface area contributed by atoms with Gasteiger partial charge in [0, 0.05) is 18.3 Å². The number of hydrogen-bond acceptors (Lipinski definition) is 3. The average Bonchev–Trinajstić information content (AvgIpc) is 2.39. The third-order valence-corrected chi connectivity index (χ3v) is 3.01. The lowest BCUT2D eigenvalue weighted by Crippen LogP contribution is -2.25. The maximum Gasteiger partial charge on any atom is 0.182 e. The fraction of sp³-hybridized carbons (Fsp3) is 0.188. The molecule has 0 heterocycles. The quantitative estimate of drug-likeness (QED) is 0.854. The highest BCUT2D eigenvalue weighted by molar-refractivity contribution is 5.99. The minimum atomic E-state index is 0.0315. The zero-order chi connectivity index (χ0) is 13.8. The lowest BCUT2D eigenvalue weighted by Gasteiger charge is -2.18. The van der Waals surface area contributed by atoms with Crippen LogP contribution in [0.2, 0.25) is 0 Å². The molecule has 2 rings (SSSR count). The van der Waals surface area contributed by atoms with E-state index >= 15 is 0 Å². The first-order chi connectivity index (χ1) is 9.06. The van der Waals surface area contributed by atoms with E-state index in [1.54, 1.807) is 12.1 Å². The Bertz CT molecular complexity index is 576. The fourth-order valence-electron chi connectivity index (χ4n) is 1.91. The van der Waals surface area contributed by atoms with Crippen LogP contribution in [-0.4, -0.2) is 24.5 Å². The first kappa shape index (κ1) is 13.1. The van der Waals surface area contributed by atoms with Crippen LogP contribution in [0, 0.1) is 6.92 Å². The number of likely N-dealkylation sites (N-methyl/N-ethyl adjacent to an activating group) is 1. The number of phenolic OH excluding ortho intramolecular Hbond substituents is 1. The van der Waals surface area contributed by atoms with Gasteiger partial charge in [-0.05, 0) is 48.9 Å². The van der Waals surface area contributed by atoms with Gasteiger partial charge >= 0.3 is 0 Å². The van der Waals surface area contributed by atoms with Gasteiger partial charge in [0.25, 0.3) is 0 Å². The van der Waals surface area contributed by atoms with E-state index in [9.17, 15) is 9.90 Å². The third kappa shape index (κ3) is 3.35. The lowest BCUT2D eigenvalue weighted by atomic mass is 10.1. The van der Waals surface area contributed by atoms with Crippen LogP contribution in [0.4, 0.5) is 5.69 Å². The van der Waals surface area contributed by atoms with E-state index in [1.807, 2.05) is 43.1 Å². The Balaban J connectivity index is 2.08. The average molecular weight is 255 g/mol. The first-order valence-electron chi connectivity index (χ1n) is 6.16. The largest absolute Gasteiger partial charge is 0.508 e. The van der Waals surface area contributed by atoms with Gasteiger partial charge in [0.1, 0.15) is 5.75 Å². The molecule has 0 saturated heterocycles. The number of aromatic hydroxyl groups is 1. The fourth-order valence-corrected chi connectivity index (χ4v) is 1.91. The zero-order valence-corrected chi connectivity index (χ0v) is 11.1. The number of hydrogen-bond donors (Lipinski definition) is 1. The molecule has 0 aliphatic rings. The molecule has 2 aromatic rings. The van der Waals surface area contributed by atoms with Crippen molar-refractivity contribution in [1.82, 2.24) is 0 Å². The van der Waals surface area contributed by atoms with Crippen molar-refractivity contribution in [1.29, 1.82) is 0 Å². The van der Waals surface area contributed by atoms with E-state index < -0.39 is 0 Å². The lowest BCUT2D eigenvalue weighted by molar-refractivity contribution is 0.100. The summed E-state index contributed by atoms with van der Waals surface area (Å²) in [6.07, 6.45) is 0. The molecule has 0 spiro atoms. The normalized spacial score (nSPS) is 10.2. The van der Waals surface area contributed by atoms with Gasteiger partial charge < -0.3 is 10.0 Å². The van der Waals surface area contributed by atoms with Gasteiger partial charge in [-0.15, -0.1) is 0 Å². The van der Waals surface area contributed by atoms with Gasteiger partial charge in [-0.3, -0.25) is 4.79 Å². The summed E-state index contributed by atoms with van der Waals surface area (Å²) in [7, 11) is 1.90. The Morgan fingerprint density at radius 2 is 1.84 bits per heavy atom. The molecule has 0 saturated carbocycles. The molecule has 0 amide bonds. The summed E-state index contributed by atoms with van der Waals surface area (Å²) >= 11 is 0. The second-order valence-electron chi connectivity index (χ2n) is 4.67. The molecular weight excluding hydrogens is 238 g/mol. The van der Waals surface area contributed by atoms with Gasteiger partial charge in [-0.25, -0.2) is 0 Å². The second kappa shape index (κ2) is 5.57. The smallest absolute Gasteiger partial charge is 0.182 e. The highest BCUT2D eigenvalue weighted by atomic mass is 16.3. The van der Waals surface area contributed by atoms with E-state index in [1.165, 1.54) is 17.7 Å². The van der Waals surface area contributed by atoms with Gasteiger partial charge in [0.2, 0.25) is 0 Å². The second-order valence-corrected chi connectivity index (χ2v) is 4.67. The standard InChI is InChI=1S/C16H17NO2/c1-12-4-3-5-14(10-12)17(2)11-16(19)13-6-8-15(18)9-7-13/h3-10,18H,11H2,1-2H3. The van der Waals surface area contributed by atoms with Crippen LogP contribution in [0.15, 0.2) is 48.5 Å². The molecule has 19 heavy (non-hydrogen) atoms. The molecule has 0 atom stereocenters. The number of ketones is 1. The van der Waals surface area contributed by atoms with Gasteiger partial charge in [-0.1, -0.05) is 12.1 Å². The topological polar surface area (TPSA) is 40.5 Å².